The van der Waals surface area contributed by atoms with Crippen molar-refractivity contribution in [2.45, 2.75) is 12.5 Å². The number of aromatic nitrogens is 3. The highest BCUT2D eigenvalue weighted by Crippen LogP contribution is 2.23. The first-order valence-electron chi connectivity index (χ1n) is 6.20. The standard InChI is InChI=1S/C14H13BrN4O/c15-12-7-6-11(20-12)14-17-13(18-19-14)10(16)8-9-4-2-1-3-5-9/h1-7,10H,8,16H2,(H,17,18,19)/t10-/m1/s1. The molecule has 2 aromatic heterocycles. The number of nitrogens with two attached hydrogens (primary N) is 1. The molecule has 0 aliphatic carbocycles. The summed E-state index contributed by atoms with van der Waals surface area (Å²) in [5.41, 5.74) is 7.32. The fourth-order valence-electron chi connectivity index (χ4n) is 1.95. The fraction of sp³-hybridized carbons (Fsp3) is 0.143. The van der Waals surface area contributed by atoms with Gasteiger partial charge in [-0.15, -0.1) is 5.10 Å². The van der Waals surface area contributed by atoms with Crippen molar-refractivity contribution in [3.63, 3.8) is 0 Å². The van der Waals surface area contributed by atoms with Crippen LogP contribution in [0, 0.1) is 0 Å². The summed E-state index contributed by atoms with van der Waals surface area (Å²) in [7, 11) is 0. The van der Waals surface area contributed by atoms with Crippen molar-refractivity contribution in [2.75, 3.05) is 0 Å². The highest BCUT2D eigenvalue weighted by atomic mass is 79.9. The average Bonchev–Trinajstić information content (AvgIpc) is 3.08. The number of rotatable bonds is 4. The molecule has 0 aliphatic rings. The molecule has 0 spiro atoms. The van der Waals surface area contributed by atoms with Crippen molar-refractivity contribution in [3.05, 3.63) is 58.5 Å². The van der Waals surface area contributed by atoms with Gasteiger partial charge in [-0.3, -0.25) is 5.10 Å². The van der Waals surface area contributed by atoms with Crippen LogP contribution in [0.2, 0.25) is 0 Å². The Morgan fingerprint density at radius 2 is 2.00 bits per heavy atom. The van der Waals surface area contributed by atoms with Crippen molar-refractivity contribution in [2.24, 2.45) is 5.73 Å². The summed E-state index contributed by atoms with van der Waals surface area (Å²) in [5, 5.41) is 7.00. The van der Waals surface area contributed by atoms with Crippen LogP contribution >= 0.6 is 15.9 Å². The molecule has 3 aromatic rings. The van der Waals surface area contributed by atoms with Crippen LogP contribution in [0.1, 0.15) is 17.4 Å². The highest BCUT2D eigenvalue weighted by Gasteiger charge is 2.15. The Morgan fingerprint density at radius 1 is 1.20 bits per heavy atom. The van der Waals surface area contributed by atoms with Gasteiger partial charge in [0.1, 0.15) is 5.82 Å². The number of nitrogens with zero attached hydrogens (tertiary/aromatic N) is 2. The van der Waals surface area contributed by atoms with Gasteiger partial charge in [0.2, 0.25) is 5.82 Å². The van der Waals surface area contributed by atoms with Crippen molar-refractivity contribution >= 4 is 15.9 Å². The fourth-order valence-corrected chi connectivity index (χ4v) is 2.26. The summed E-state index contributed by atoms with van der Waals surface area (Å²) < 4.78 is 6.06. The normalized spacial score (nSPS) is 12.5. The largest absolute Gasteiger partial charge is 0.446 e. The van der Waals surface area contributed by atoms with Gasteiger partial charge in [-0.25, -0.2) is 4.98 Å². The third kappa shape index (κ3) is 2.81. The SMILES string of the molecule is N[C@H](Cc1ccccc1)c1nc(-c2ccc(Br)o2)n[nH]1. The Kier molecular flexibility index (Phi) is 3.66. The Morgan fingerprint density at radius 3 is 2.70 bits per heavy atom. The van der Waals surface area contributed by atoms with Gasteiger partial charge in [0.05, 0.1) is 6.04 Å². The quantitative estimate of drug-likeness (QED) is 0.769. The molecule has 102 valence electrons. The molecule has 0 saturated heterocycles. The lowest BCUT2D eigenvalue weighted by molar-refractivity contribution is 0.551. The number of hydrogen-bond acceptors (Lipinski definition) is 4. The number of aromatic amines is 1. The van der Waals surface area contributed by atoms with Gasteiger partial charge in [-0.1, -0.05) is 30.3 Å². The second-order valence-electron chi connectivity index (χ2n) is 4.44. The van der Waals surface area contributed by atoms with Crippen LogP contribution in [0.4, 0.5) is 0 Å². The third-order valence-electron chi connectivity index (χ3n) is 2.95. The highest BCUT2D eigenvalue weighted by molar-refractivity contribution is 9.10. The molecular formula is C14H13BrN4O. The summed E-state index contributed by atoms with van der Waals surface area (Å²) in [4.78, 5) is 4.38. The first-order valence-corrected chi connectivity index (χ1v) is 6.99. The van der Waals surface area contributed by atoms with Crippen LogP contribution in [-0.2, 0) is 6.42 Å². The van der Waals surface area contributed by atoms with E-state index < -0.39 is 0 Å². The van der Waals surface area contributed by atoms with Gasteiger partial charge in [-0.2, -0.15) is 0 Å². The molecule has 0 aliphatic heterocycles. The van der Waals surface area contributed by atoms with Crippen molar-refractivity contribution in [3.8, 4) is 11.6 Å². The molecule has 3 N–H and O–H groups in total. The van der Waals surface area contributed by atoms with E-state index in [2.05, 4.69) is 31.1 Å². The minimum absolute atomic E-state index is 0.225. The average molecular weight is 333 g/mol. The number of furan rings is 1. The summed E-state index contributed by atoms with van der Waals surface area (Å²) >= 11 is 3.25. The molecule has 1 atom stereocenters. The Hall–Kier alpha value is -1.92. The molecule has 5 nitrogen and oxygen atoms in total. The van der Waals surface area contributed by atoms with Gasteiger partial charge in [0, 0.05) is 0 Å². The lowest BCUT2D eigenvalue weighted by atomic mass is 10.1. The van der Waals surface area contributed by atoms with E-state index in [0.717, 1.165) is 0 Å². The predicted molar refractivity (Wildman–Crippen MR) is 78.9 cm³/mol. The van der Waals surface area contributed by atoms with Gasteiger partial charge in [0.25, 0.3) is 0 Å². The Balaban J connectivity index is 1.76. The van der Waals surface area contributed by atoms with E-state index in [-0.39, 0.29) is 6.04 Å². The molecular weight excluding hydrogens is 320 g/mol. The number of nitrogens with one attached hydrogen (secondary N) is 1. The van der Waals surface area contributed by atoms with Crippen LogP contribution in [0.3, 0.4) is 0 Å². The zero-order valence-corrected chi connectivity index (χ0v) is 12.2. The third-order valence-corrected chi connectivity index (χ3v) is 3.37. The van der Waals surface area contributed by atoms with Crippen molar-refractivity contribution < 1.29 is 4.42 Å². The molecule has 0 amide bonds. The van der Waals surface area contributed by atoms with E-state index in [1.807, 2.05) is 30.3 Å². The Labute approximate surface area is 124 Å². The topological polar surface area (TPSA) is 80.7 Å². The summed E-state index contributed by atoms with van der Waals surface area (Å²) in [6, 6.07) is 13.4. The van der Waals surface area contributed by atoms with Crippen molar-refractivity contribution in [1.82, 2.24) is 15.2 Å². The van der Waals surface area contributed by atoms with E-state index in [1.165, 1.54) is 5.56 Å². The molecule has 2 heterocycles. The lowest BCUT2D eigenvalue weighted by Crippen LogP contribution is -2.15. The minimum Gasteiger partial charge on any atom is -0.446 e. The maximum Gasteiger partial charge on any atom is 0.217 e. The van der Waals surface area contributed by atoms with Gasteiger partial charge in [-0.05, 0) is 40.0 Å². The molecule has 0 radical (unpaired) electrons. The van der Waals surface area contributed by atoms with Crippen LogP contribution in [-0.4, -0.2) is 15.2 Å². The maximum absolute atomic E-state index is 6.15. The first kappa shape index (κ1) is 13.1. The van der Waals surface area contributed by atoms with Crippen LogP contribution < -0.4 is 5.73 Å². The summed E-state index contributed by atoms with van der Waals surface area (Å²) in [5.74, 6) is 1.76. The molecule has 20 heavy (non-hydrogen) atoms. The molecule has 0 fully saturated rings. The second-order valence-corrected chi connectivity index (χ2v) is 5.23. The van der Waals surface area contributed by atoms with Gasteiger partial charge >= 0.3 is 0 Å². The number of halogens is 1. The van der Waals surface area contributed by atoms with Crippen molar-refractivity contribution in [1.29, 1.82) is 0 Å². The van der Waals surface area contributed by atoms with E-state index in [1.54, 1.807) is 12.1 Å². The summed E-state index contributed by atoms with van der Waals surface area (Å²) in [6.07, 6.45) is 0.706. The zero-order chi connectivity index (χ0) is 13.9. The molecule has 0 saturated carbocycles. The molecule has 1 aromatic carbocycles. The molecule has 6 heteroatoms. The van der Waals surface area contributed by atoms with E-state index in [0.29, 0.717) is 28.5 Å². The van der Waals surface area contributed by atoms with E-state index in [4.69, 9.17) is 10.2 Å². The number of benzene rings is 1. The molecule has 0 bridgehead atoms. The minimum atomic E-state index is -0.225. The van der Waals surface area contributed by atoms with Gasteiger partial charge < -0.3 is 10.2 Å². The smallest absolute Gasteiger partial charge is 0.217 e. The zero-order valence-electron chi connectivity index (χ0n) is 10.6. The first-order chi connectivity index (χ1) is 9.72. The second kappa shape index (κ2) is 5.60. The summed E-state index contributed by atoms with van der Waals surface area (Å²) in [6.45, 7) is 0. The molecule has 3 rings (SSSR count). The van der Waals surface area contributed by atoms with Crippen LogP contribution in [0.5, 0.6) is 0 Å². The maximum atomic E-state index is 6.15. The predicted octanol–water partition coefficient (Wildman–Crippen LogP) is 3.07. The Bertz CT molecular complexity index is 692. The van der Waals surface area contributed by atoms with Gasteiger partial charge in [0.15, 0.2) is 10.4 Å². The number of H-pyrrole nitrogens is 1. The number of hydrogen-bond donors (Lipinski definition) is 2. The molecule has 0 unspecified atom stereocenters. The van der Waals surface area contributed by atoms with E-state index in [9.17, 15) is 0 Å². The van der Waals surface area contributed by atoms with Crippen LogP contribution in [0.25, 0.3) is 11.6 Å². The van der Waals surface area contributed by atoms with E-state index >= 15 is 0 Å². The monoisotopic (exact) mass is 332 g/mol. The van der Waals surface area contributed by atoms with Crippen LogP contribution in [0.15, 0.2) is 51.6 Å². The lowest BCUT2D eigenvalue weighted by Gasteiger charge is -2.07.